The Balaban J connectivity index is 2.85. The molecule has 0 saturated carbocycles. The number of methoxy groups -OCH3 is 1. The van der Waals surface area contributed by atoms with Gasteiger partial charge in [-0.15, -0.1) is 0 Å². The fourth-order valence-electron chi connectivity index (χ4n) is 1.62. The lowest BCUT2D eigenvalue weighted by molar-refractivity contribution is -0.123. The van der Waals surface area contributed by atoms with Crippen LogP contribution in [0.15, 0.2) is 12.1 Å². The molecule has 8 nitrogen and oxygen atoms in total. The van der Waals surface area contributed by atoms with E-state index in [1.165, 1.54) is 19.2 Å². The molecule has 0 atom stereocenters. The molecule has 3 N–H and O–H groups in total. The van der Waals surface area contributed by atoms with Crippen molar-refractivity contribution in [3.63, 3.8) is 0 Å². The number of carbonyl (C=O) groups excluding carboxylic acids is 3. The summed E-state index contributed by atoms with van der Waals surface area (Å²) in [6.45, 7) is 3.72. The monoisotopic (exact) mass is 358 g/mol. The number of nitrogens with two attached hydrogens (primary N) is 1. The molecule has 0 bridgehead atoms. The molecule has 0 aliphatic carbocycles. The molecular formula is C15H19ClN2O6. The van der Waals surface area contributed by atoms with Gasteiger partial charge < -0.3 is 19.9 Å². The maximum absolute atomic E-state index is 12.0. The van der Waals surface area contributed by atoms with Crippen LogP contribution in [0.5, 0.6) is 11.5 Å². The van der Waals surface area contributed by atoms with E-state index < -0.39 is 24.5 Å². The molecule has 0 heterocycles. The Labute approximate surface area is 144 Å². The highest BCUT2D eigenvalue weighted by Crippen LogP contribution is 2.36. The van der Waals surface area contributed by atoms with E-state index in [0.29, 0.717) is 12.4 Å². The molecule has 0 unspecified atom stereocenters. The van der Waals surface area contributed by atoms with Gasteiger partial charge in [0.25, 0.3) is 5.91 Å². The van der Waals surface area contributed by atoms with Crippen molar-refractivity contribution in [1.82, 2.24) is 5.32 Å². The fraction of sp³-hybridized carbons (Fsp3) is 0.400. The number of ether oxygens (including phenoxy) is 3. The second kappa shape index (κ2) is 8.97. The molecule has 0 aliphatic rings. The Morgan fingerprint density at radius 1 is 1.29 bits per heavy atom. The summed E-state index contributed by atoms with van der Waals surface area (Å²) in [5.74, 6) is -0.803. The molecular weight excluding hydrogens is 340 g/mol. The van der Waals surface area contributed by atoms with Gasteiger partial charge in [-0.25, -0.2) is 9.59 Å². The number of hydrogen-bond donors (Lipinski definition) is 2. The first-order chi connectivity index (χ1) is 11.2. The summed E-state index contributed by atoms with van der Waals surface area (Å²) in [4.78, 5) is 33.7. The van der Waals surface area contributed by atoms with Crippen LogP contribution in [0.25, 0.3) is 0 Å². The van der Waals surface area contributed by atoms with Crippen molar-refractivity contribution in [2.45, 2.75) is 13.8 Å². The number of esters is 1. The maximum atomic E-state index is 12.0. The van der Waals surface area contributed by atoms with Gasteiger partial charge in [0.1, 0.15) is 0 Å². The predicted octanol–water partition coefficient (Wildman–Crippen LogP) is 1.74. The van der Waals surface area contributed by atoms with Gasteiger partial charge in [-0.2, -0.15) is 0 Å². The predicted molar refractivity (Wildman–Crippen MR) is 86.3 cm³/mol. The van der Waals surface area contributed by atoms with Gasteiger partial charge in [0.2, 0.25) is 0 Å². The van der Waals surface area contributed by atoms with Crippen LogP contribution in [0.4, 0.5) is 4.79 Å². The van der Waals surface area contributed by atoms with Crippen molar-refractivity contribution >= 4 is 29.5 Å². The van der Waals surface area contributed by atoms with Crippen LogP contribution in [-0.4, -0.2) is 38.2 Å². The third-order valence-corrected chi connectivity index (χ3v) is 2.90. The van der Waals surface area contributed by atoms with Crippen molar-refractivity contribution in [2.75, 3.05) is 20.3 Å². The zero-order valence-corrected chi connectivity index (χ0v) is 14.3. The van der Waals surface area contributed by atoms with E-state index in [1.807, 2.05) is 13.8 Å². The zero-order valence-electron chi connectivity index (χ0n) is 13.6. The first-order valence-corrected chi connectivity index (χ1v) is 7.39. The minimum absolute atomic E-state index is 0.0700. The fourth-order valence-corrected chi connectivity index (χ4v) is 1.88. The van der Waals surface area contributed by atoms with Gasteiger partial charge in [0, 0.05) is 0 Å². The zero-order chi connectivity index (χ0) is 18.3. The highest BCUT2D eigenvalue weighted by atomic mass is 35.5. The first-order valence-electron chi connectivity index (χ1n) is 7.01. The standard InChI is InChI=1S/C15H19ClN2O6/c1-8(2)6-23-13-10(16)4-9(5-11(13)22-3)14(20)24-7-12(19)18-15(17)21/h4-5,8H,6-7H2,1-3H3,(H3,17,18,19,21). The van der Waals surface area contributed by atoms with E-state index in [0.717, 1.165) is 0 Å². The van der Waals surface area contributed by atoms with Crippen molar-refractivity contribution < 1.29 is 28.6 Å². The van der Waals surface area contributed by atoms with E-state index in [2.05, 4.69) is 0 Å². The largest absolute Gasteiger partial charge is 0.493 e. The SMILES string of the molecule is COc1cc(C(=O)OCC(=O)NC(N)=O)cc(Cl)c1OCC(C)C. The third-order valence-electron chi connectivity index (χ3n) is 2.62. The van der Waals surface area contributed by atoms with Crippen LogP contribution in [0.3, 0.4) is 0 Å². The van der Waals surface area contributed by atoms with E-state index in [1.54, 1.807) is 5.32 Å². The number of primary amides is 1. The summed E-state index contributed by atoms with van der Waals surface area (Å²) >= 11 is 6.12. The smallest absolute Gasteiger partial charge is 0.338 e. The molecule has 0 spiro atoms. The molecule has 0 aromatic heterocycles. The second-order valence-corrected chi connectivity index (χ2v) is 5.59. The Morgan fingerprint density at radius 3 is 2.50 bits per heavy atom. The molecule has 0 radical (unpaired) electrons. The number of halogens is 1. The van der Waals surface area contributed by atoms with Crippen LogP contribution in [0, 0.1) is 5.92 Å². The quantitative estimate of drug-likeness (QED) is 0.717. The van der Waals surface area contributed by atoms with Gasteiger partial charge in [-0.05, 0) is 18.1 Å². The minimum Gasteiger partial charge on any atom is -0.493 e. The molecule has 1 aromatic rings. The van der Waals surface area contributed by atoms with Gasteiger partial charge in [0.15, 0.2) is 18.1 Å². The lowest BCUT2D eigenvalue weighted by Gasteiger charge is -2.15. The lowest BCUT2D eigenvalue weighted by Crippen LogP contribution is -2.37. The molecule has 0 aliphatic heterocycles. The molecule has 3 amide bonds. The van der Waals surface area contributed by atoms with Crippen molar-refractivity contribution in [3.8, 4) is 11.5 Å². The number of benzene rings is 1. The van der Waals surface area contributed by atoms with E-state index in [4.69, 9.17) is 31.5 Å². The Kier molecular flexibility index (Phi) is 7.31. The average Bonchev–Trinajstić information content (AvgIpc) is 2.49. The summed E-state index contributed by atoms with van der Waals surface area (Å²) in [6.07, 6.45) is 0. The average molecular weight is 359 g/mol. The Bertz CT molecular complexity index is 633. The van der Waals surface area contributed by atoms with Gasteiger partial charge in [0.05, 0.1) is 24.3 Å². The lowest BCUT2D eigenvalue weighted by atomic mass is 10.2. The molecule has 0 saturated heterocycles. The summed E-state index contributed by atoms with van der Waals surface area (Å²) in [6, 6.07) is 1.69. The first kappa shape index (κ1) is 19.6. The second-order valence-electron chi connectivity index (χ2n) is 5.18. The maximum Gasteiger partial charge on any atom is 0.338 e. The molecule has 1 aromatic carbocycles. The van der Waals surface area contributed by atoms with Gasteiger partial charge in [-0.1, -0.05) is 25.4 Å². The summed E-state index contributed by atoms with van der Waals surface area (Å²) in [5.41, 5.74) is 4.85. The highest BCUT2D eigenvalue weighted by Gasteiger charge is 2.18. The number of rotatable bonds is 7. The number of nitrogens with one attached hydrogen (secondary N) is 1. The van der Waals surface area contributed by atoms with E-state index in [-0.39, 0.29) is 22.3 Å². The van der Waals surface area contributed by atoms with Crippen LogP contribution in [-0.2, 0) is 9.53 Å². The molecule has 1 rings (SSSR count). The van der Waals surface area contributed by atoms with Crippen LogP contribution in [0.2, 0.25) is 5.02 Å². The number of hydrogen-bond acceptors (Lipinski definition) is 6. The number of imide groups is 1. The molecule has 9 heteroatoms. The molecule has 24 heavy (non-hydrogen) atoms. The molecule has 132 valence electrons. The van der Waals surface area contributed by atoms with Gasteiger partial charge in [-0.3, -0.25) is 10.1 Å². The Hall–Kier alpha value is -2.48. The number of amides is 3. The van der Waals surface area contributed by atoms with E-state index >= 15 is 0 Å². The highest BCUT2D eigenvalue weighted by molar-refractivity contribution is 6.32. The summed E-state index contributed by atoms with van der Waals surface area (Å²) in [7, 11) is 1.41. The van der Waals surface area contributed by atoms with Crippen molar-refractivity contribution in [3.05, 3.63) is 22.7 Å². The topological polar surface area (TPSA) is 117 Å². The van der Waals surface area contributed by atoms with Crippen LogP contribution < -0.4 is 20.5 Å². The third kappa shape index (κ3) is 5.96. The van der Waals surface area contributed by atoms with Crippen molar-refractivity contribution in [2.24, 2.45) is 11.7 Å². The molecule has 0 fully saturated rings. The van der Waals surface area contributed by atoms with Crippen molar-refractivity contribution in [1.29, 1.82) is 0 Å². The Morgan fingerprint density at radius 2 is 1.96 bits per heavy atom. The normalized spacial score (nSPS) is 10.2. The summed E-state index contributed by atoms with van der Waals surface area (Å²) in [5, 5.41) is 1.94. The number of urea groups is 1. The number of carbonyl (C=O) groups is 3. The van der Waals surface area contributed by atoms with Crippen LogP contribution in [0.1, 0.15) is 24.2 Å². The summed E-state index contributed by atoms with van der Waals surface area (Å²) < 4.78 is 15.5. The van der Waals surface area contributed by atoms with E-state index in [9.17, 15) is 14.4 Å². The minimum atomic E-state index is -1.03. The van der Waals surface area contributed by atoms with Crippen LogP contribution >= 0.6 is 11.6 Å². The van der Waals surface area contributed by atoms with Gasteiger partial charge >= 0.3 is 12.0 Å².